The Hall–Kier alpha value is -3.18. The van der Waals surface area contributed by atoms with Gasteiger partial charge < -0.3 is 9.80 Å². The first-order valence-electron chi connectivity index (χ1n) is 11.2. The van der Waals surface area contributed by atoms with Crippen LogP contribution in [0, 0.1) is 0 Å². The van der Waals surface area contributed by atoms with Gasteiger partial charge in [-0.2, -0.15) is 0 Å². The van der Waals surface area contributed by atoms with E-state index in [0.717, 1.165) is 40.4 Å². The Morgan fingerprint density at radius 1 is 0.844 bits per heavy atom. The van der Waals surface area contributed by atoms with E-state index in [2.05, 4.69) is 49.1 Å². The fourth-order valence-electron chi connectivity index (χ4n) is 4.28. The lowest BCUT2D eigenvalue weighted by molar-refractivity contribution is 0.0747. The molecule has 0 saturated carbocycles. The molecule has 5 heteroatoms. The molecule has 1 aromatic heterocycles. The summed E-state index contributed by atoms with van der Waals surface area (Å²) in [6.45, 7) is 7.48. The van der Waals surface area contributed by atoms with Gasteiger partial charge in [-0.25, -0.2) is 4.98 Å². The van der Waals surface area contributed by atoms with Gasteiger partial charge in [0.15, 0.2) is 5.13 Å². The molecule has 0 unspecified atom stereocenters. The van der Waals surface area contributed by atoms with Crippen molar-refractivity contribution < 1.29 is 4.79 Å². The van der Waals surface area contributed by atoms with Crippen molar-refractivity contribution in [2.45, 2.75) is 19.8 Å². The molecule has 0 spiro atoms. The molecule has 162 valence electrons. The average Bonchev–Trinajstić information content (AvgIpc) is 3.29. The highest BCUT2D eigenvalue weighted by Gasteiger charge is 2.24. The summed E-state index contributed by atoms with van der Waals surface area (Å²) in [6, 6.07) is 24.7. The van der Waals surface area contributed by atoms with Crippen LogP contribution in [-0.4, -0.2) is 42.0 Å². The first-order valence-corrected chi connectivity index (χ1v) is 12.0. The maximum atomic E-state index is 13.0. The molecule has 2 heterocycles. The molecule has 0 radical (unpaired) electrons. The Kier molecular flexibility index (Phi) is 5.66. The summed E-state index contributed by atoms with van der Waals surface area (Å²) >= 11 is 1.75. The molecule has 3 aromatic carbocycles. The molecule has 1 aliphatic heterocycles. The lowest BCUT2D eigenvalue weighted by Crippen LogP contribution is -2.48. The van der Waals surface area contributed by atoms with Crippen LogP contribution in [-0.2, 0) is 0 Å². The van der Waals surface area contributed by atoms with Crippen LogP contribution in [0.1, 0.15) is 35.7 Å². The Bertz CT molecular complexity index is 1220. The summed E-state index contributed by atoms with van der Waals surface area (Å²) in [6.07, 6.45) is 0. The van der Waals surface area contributed by atoms with Crippen LogP contribution in [0.15, 0.2) is 72.8 Å². The van der Waals surface area contributed by atoms with E-state index in [9.17, 15) is 4.79 Å². The molecular formula is C27H27N3OS. The molecule has 0 bridgehead atoms. The largest absolute Gasteiger partial charge is 0.345 e. The molecule has 0 N–H and O–H groups in total. The number of fused-ring (bicyclic) bond motifs is 1. The molecule has 0 atom stereocenters. The summed E-state index contributed by atoms with van der Waals surface area (Å²) in [4.78, 5) is 22.3. The van der Waals surface area contributed by atoms with E-state index in [-0.39, 0.29) is 5.91 Å². The number of aromatic nitrogens is 1. The van der Waals surface area contributed by atoms with Crippen LogP contribution in [0.5, 0.6) is 0 Å². The molecule has 4 aromatic rings. The molecule has 1 saturated heterocycles. The maximum Gasteiger partial charge on any atom is 0.253 e. The van der Waals surface area contributed by atoms with Gasteiger partial charge in [0.05, 0.1) is 10.2 Å². The summed E-state index contributed by atoms with van der Waals surface area (Å²) < 4.78 is 1.24. The topological polar surface area (TPSA) is 36.4 Å². The maximum absolute atomic E-state index is 13.0. The van der Waals surface area contributed by atoms with E-state index < -0.39 is 0 Å². The zero-order chi connectivity index (χ0) is 22.1. The van der Waals surface area contributed by atoms with Gasteiger partial charge in [-0.05, 0) is 40.8 Å². The van der Waals surface area contributed by atoms with E-state index in [4.69, 9.17) is 4.98 Å². The van der Waals surface area contributed by atoms with Crippen molar-refractivity contribution in [1.82, 2.24) is 9.88 Å². The SMILES string of the molecule is CC(C)c1cccc2sc(N3CCN(C(=O)c4ccc(-c5ccccc5)cc4)CC3)nc12. The van der Waals surface area contributed by atoms with Crippen molar-refractivity contribution in [3.63, 3.8) is 0 Å². The lowest BCUT2D eigenvalue weighted by atomic mass is 10.0. The van der Waals surface area contributed by atoms with Gasteiger partial charge in [0.2, 0.25) is 0 Å². The monoisotopic (exact) mass is 441 g/mol. The Balaban J connectivity index is 1.26. The number of hydrogen-bond donors (Lipinski definition) is 0. The van der Waals surface area contributed by atoms with Crippen LogP contribution in [0.2, 0.25) is 0 Å². The Labute approximate surface area is 193 Å². The molecule has 4 nitrogen and oxygen atoms in total. The van der Waals surface area contributed by atoms with Crippen molar-refractivity contribution in [1.29, 1.82) is 0 Å². The minimum absolute atomic E-state index is 0.107. The van der Waals surface area contributed by atoms with Gasteiger partial charge in [-0.3, -0.25) is 4.79 Å². The highest BCUT2D eigenvalue weighted by Crippen LogP contribution is 2.34. The van der Waals surface area contributed by atoms with Gasteiger partial charge in [0, 0.05) is 31.7 Å². The van der Waals surface area contributed by atoms with Crippen molar-refractivity contribution in [2.75, 3.05) is 31.1 Å². The summed E-state index contributed by atoms with van der Waals surface area (Å²) in [5.74, 6) is 0.562. The van der Waals surface area contributed by atoms with Crippen LogP contribution in [0.3, 0.4) is 0 Å². The zero-order valence-corrected chi connectivity index (χ0v) is 19.3. The Morgan fingerprint density at radius 2 is 1.53 bits per heavy atom. The third-order valence-corrected chi connectivity index (χ3v) is 7.22. The van der Waals surface area contributed by atoms with Gasteiger partial charge >= 0.3 is 0 Å². The minimum Gasteiger partial charge on any atom is -0.345 e. The third-order valence-electron chi connectivity index (χ3n) is 6.14. The minimum atomic E-state index is 0.107. The molecule has 5 rings (SSSR count). The second-order valence-electron chi connectivity index (χ2n) is 8.57. The fraction of sp³-hybridized carbons (Fsp3) is 0.259. The fourth-order valence-corrected chi connectivity index (χ4v) is 5.33. The number of piperazine rings is 1. The second kappa shape index (κ2) is 8.75. The summed E-state index contributed by atoms with van der Waals surface area (Å²) in [7, 11) is 0. The first kappa shape index (κ1) is 20.7. The number of benzene rings is 3. The number of para-hydroxylation sites is 1. The number of thiazole rings is 1. The van der Waals surface area contributed by atoms with Crippen molar-refractivity contribution in [3.05, 3.63) is 83.9 Å². The lowest BCUT2D eigenvalue weighted by Gasteiger charge is -2.34. The number of carbonyl (C=O) groups is 1. The van der Waals surface area contributed by atoms with Gasteiger partial charge in [-0.1, -0.05) is 79.8 Å². The van der Waals surface area contributed by atoms with Gasteiger partial charge in [-0.15, -0.1) is 0 Å². The first-order chi connectivity index (χ1) is 15.6. The number of anilines is 1. The van der Waals surface area contributed by atoms with Crippen LogP contribution in [0.25, 0.3) is 21.3 Å². The summed E-state index contributed by atoms with van der Waals surface area (Å²) in [5.41, 5.74) is 5.47. The predicted molar refractivity (Wildman–Crippen MR) is 134 cm³/mol. The van der Waals surface area contributed by atoms with Gasteiger partial charge in [0.25, 0.3) is 5.91 Å². The van der Waals surface area contributed by atoms with Crippen molar-refractivity contribution >= 4 is 32.6 Å². The van der Waals surface area contributed by atoms with E-state index in [0.29, 0.717) is 19.0 Å². The summed E-state index contributed by atoms with van der Waals surface area (Å²) in [5, 5.41) is 1.06. The van der Waals surface area contributed by atoms with Crippen molar-refractivity contribution in [3.8, 4) is 11.1 Å². The number of amides is 1. The van der Waals surface area contributed by atoms with E-state index in [1.54, 1.807) is 11.3 Å². The Morgan fingerprint density at radius 3 is 2.22 bits per heavy atom. The molecule has 1 amide bonds. The third kappa shape index (κ3) is 4.00. The van der Waals surface area contributed by atoms with Crippen molar-refractivity contribution in [2.24, 2.45) is 0 Å². The number of carbonyl (C=O) groups excluding carboxylic acids is 1. The zero-order valence-electron chi connectivity index (χ0n) is 18.5. The predicted octanol–water partition coefficient (Wildman–Crippen LogP) is 6.05. The number of rotatable bonds is 4. The van der Waals surface area contributed by atoms with Crippen LogP contribution in [0.4, 0.5) is 5.13 Å². The standard InChI is InChI=1S/C27H27N3OS/c1-19(2)23-9-6-10-24-25(23)28-27(32-24)30-17-15-29(16-18-30)26(31)22-13-11-21(12-14-22)20-7-4-3-5-8-20/h3-14,19H,15-18H2,1-2H3. The molecule has 1 aliphatic rings. The molecular weight excluding hydrogens is 414 g/mol. The van der Waals surface area contributed by atoms with Gasteiger partial charge in [0.1, 0.15) is 0 Å². The van der Waals surface area contributed by atoms with Crippen LogP contribution >= 0.6 is 11.3 Å². The smallest absolute Gasteiger partial charge is 0.253 e. The van der Waals surface area contributed by atoms with E-state index in [1.165, 1.54) is 10.3 Å². The molecule has 0 aliphatic carbocycles. The molecule has 32 heavy (non-hydrogen) atoms. The number of hydrogen-bond acceptors (Lipinski definition) is 4. The highest BCUT2D eigenvalue weighted by atomic mass is 32.1. The normalized spacial score (nSPS) is 14.3. The quantitative estimate of drug-likeness (QED) is 0.387. The highest BCUT2D eigenvalue weighted by molar-refractivity contribution is 7.22. The van der Waals surface area contributed by atoms with E-state index in [1.807, 2.05) is 47.4 Å². The van der Waals surface area contributed by atoms with E-state index >= 15 is 0 Å². The second-order valence-corrected chi connectivity index (χ2v) is 9.58. The average molecular weight is 442 g/mol. The van der Waals surface area contributed by atoms with Crippen LogP contribution < -0.4 is 4.90 Å². The molecule has 1 fully saturated rings. The number of nitrogens with zero attached hydrogens (tertiary/aromatic N) is 3.